The van der Waals surface area contributed by atoms with Gasteiger partial charge in [-0.2, -0.15) is 0 Å². The zero-order valence-electron chi connectivity index (χ0n) is 32.9. The van der Waals surface area contributed by atoms with Crippen LogP contribution in [-0.4, -0.2) is 91.1 Å². The van der Waals surface area contributed by atoms with E-state index in [1.165, 1.54) is 37.1 Å². The first-order valence-corrected chi connectivity index (χ1v) is 20.9. The van der Waals surface area contributed by atoms with Gasteiger partial charge in [0.15, 0.2) is 0 Å². The fourth-order valence-corrected chi connectivity index (χ4v) is 10.3. The number of aromatic hydroxyl groups is 1. The van der Waals surface area contributed by atoms with Crippen LogP contribution in [-0.2, 0) is 16.1 Å². The minimum atomic E-state index is -0.642. The smallest absolute Gasteiger partial charge is 0.255 e. The van der Waals surface area contributed by atoms with Crippen LogP contribution < -0.4 is 19.9 Å². The molecule has 6 heterocycles. The molecule has 3 amide bonds. The number of halogens is 2. The van der Waals surface area contributed by atoms with E-state index in [-0.39, 0.29) is 42.1 Å². The van der Waals surface area contributed by atoms with Crippen LogP contribution in [0.1, 0.15) is 71.1 Å². The Kier molecular flexibility index (Phi) is 9.42. The summed E-state index contributed by atoms with van der Waals surface area (Å²) in [5.41, 5.74) is 6.73. The van der Waals surface area contributed by atoms with Gasteiger partial charge in [-0.1, -0.05) is 18.2 Å². The lowest BCUT2D eigenvalue weighted by Gasteiger charge is -2.55. The van der Waals surface area contributed by atoms with Crippen LogP contribution in [0.5, 0.6) is 11.5 Å². The molecule has 0 radical (unpaired) electrons. The van der Waals surface area contributed by atoms with Crippen molar-refractivity contribution in [1.82, 2.24) is 15.1 Å². The molecule has 10 nitrogen and oxygen atoms in total. The molecule has 4 fully saturated rings. The van der Waals surface area contributed by atoms with Crippen LogP contribution in [0, 0.1) is 23.0 Å². The molecule has 59 heavy (non-hydrogen) atoms. The molecule has 1 unspecified atom stereocenters. The SMILES string of the molecule is O=C1CCC(N2Cc3cc(N4CC5(CCN(CC6CCN(c7ccc(C8=C(c9c(F)cccc9F)COc9cc(O)ccc98)cc7)CC6)CC5)C4)ccc3C2=O)C(=O)N1. The van der Waals surface area contributed by atoms with Gasteiger partial charge in [0, 0.05) is 90.8 Å². The molecule has 4 aromatic carbocycles. The lowest BCUT2D eigenvalue weighted by molar-refractivity contribution is -0.136. The van der Waals surface area contributed by atoms with Gasteiger partial charge in [-0.05, 0) is 117 Å². The van der Waals surface area contributed by atoms with Crippen molar-refractivity contribution in [3.63, 3.8) is 0 Å². The van der Waals surface area contributed by atoms with E-state index in [9.17, 15) is 19.5 Å². The lowest BCUT2D eigenvalue weighted by atomic mass is 9.71. The largest absolute Gasteiger partial charge is 0.508 e. The fraction of sp³-hybridized carbons (Fsp3) is 0.383. The highest BCUT2D eigenvalue weighted by Crippen LogP contribution is 2.45. The van der Waals surface area contributed by atoms with Gasteiger partial charge in [-0.15, -0.1) is 0 Å². The zero-order valence-corrected chi connectivity index (χ0v) is 32.9. The summed E-state index contributed by atoms with van der Waals surface area (Å²) in [6.45, 7) is 7.69. The number of anilines is 2. The van der Waals surface area contributed by atoms with Gasteiger partial charge in [0.25, 0.3) is 5.91 Å². The molecule has 4 saturated heterocycles. The van der Waals surface area contributed by atoms with E-state index < -0.39 is 17.7 Å². The summed E-state index contributed by atoms with van der Waals surface area (Å²) in [6, 6.07) is 22.4. The number of carbonyl (C=O) groups is 3. The van der Waals surface area contributed by atoms with Crippen LogP contribution in [0.15, 0.2) is 78.9 Å². The highest BCUT2D eigenvalue weighted by Gasteiger charge is 2.46. The summed E-state index contributed by atoms with van der Waals surface area (Å²) in [7, 11) is 0. The molecule has 0 aromatic heterocycles. The second-order valence-corrected chi connectivity index (χ2v) is 17.3. The lowest BCUT2D eigenvalue weighted by Crippen LogP contribution is -2.60. The van der Waals surface area contributed by atoms with Crippen molar-refractivity contribution >= 4 is 40.2 Å². The molecule has 4 aromatic rings. The van der Waals surface area contributed by atoms with Gasteiger partial charge in [-0.3, -0.25) is 19.7 Å². The van der Waals surface area contributed by atoms with Crippen LogP contribution in [0.4, 0.5) is 20.2 Å². The number of ether oxygens (including phenoxy) is 1. The highest BCUT2D eigenvalue weighted by molar-refractivity contribution is 6.06. The molecule has 304 valence electrons. The van der Waals surface area contributed by atoms with Crippen molar-refractivity contribution in [3.8, 4) is 11.5 Å². The Morgan fingerprint density at radius 3 is 2.24 bits per heavy atom. The van der Waals surface area contributed by atoms with E-state index in [1.54, 1.807) is 17.0 Å². The normalized spacial score (nSPS) is 22.0. The van der Waals surface area contributed by atoms with Gasteiger partial charge < -0.3 is 29.4 Å². The van der Waals surface area contributed by atoms with Gasteiger partial charge in [-0.25, -0.2) is 8.78 Å². The van der Waals surface area contributed by atoms with Crippen LogP contribution >= 0.6 is 0 Å². The number of piperidine rings is 3. The number of nitrogens with zero attached hydrogens (tertiary/aromatic N) is 4. The monoisotopic (exact) mass is 799 g/mol. The molecule has 6 aliphatic rings. The number of fused-ring (bicyclic) bond motifs is 2. The standard InChI is InChI=1S/C47H47F2N5O5/c48-38-2-1-3-39(49)44(38)37-26-59-41-23-34(55)9-11-36(41)43(37)30-4-6-32(7-5-30)52-18-14-29(15-19-52)24-51-20-16-47(17-21-51)27-53(28-47)33-8-10-35-31(22-33)25-54(46(35)58)40-12-13-42(56)50-45(40)57/h1-11,22-23,29,40,55H,12-21,24-28H2,(H,50,56,57). The zero-order chi connectivity index (χ0) is 40.4. The van der Waals surface area contributed by atoms with Crippen molar-refractivity contribution < 1.29 is 33.0 Å². The van der Waals surface area contributed by atoms with Crippen molar-refractivity contribution in [2.24, 2.45) is 11.3 Å². The van der Waals surface area contributed by atoms with E-state index in [2.05, 4.69) is 38.2 Å². The van der Waals surface area contributed by atoms with Gasteiger partial charge in [0.1, 0.15) is 35.8 Å². The minimum Gasteiger partial charge on any atom is -0.508 e. The Bertz CT molecular complexity index is 2360. The summed E-state index contributed by atoms with van der Waals surface area (Å²) in [5, 5.41) is 12.5. The van der Waals surface area contributed by atoms with Gasteiger partial charge in [0.2, 0.25) is 11.8 Å². The number of likely N-dealkylation sites (tertiary alicyclic amines) is 1. The van der Waals surface area contributed by atoms with Crippen molar-refractivity contribution in [2.45, 2.75) is 51.1 Å². The number of nitrogens with one attached hydrogen (secondary N) is 1. The predicted octanol–water partition coefficient (Wildman–Crippen LogP) is 6.60. The third-order valence-corrected chi connectivity index (χ3v) is 13.7. The summed E-state index contributed by atoms with van der Waals surface area (Å²) in [5.74, 6) is -0.899. The molecular weight excluding hydrogens is 753 g/mol. The Labute approximate surface area is 342 Å². The van der Waals surface area contributed by atoms with E-state index in [0.29, 0.717) is 52.3 Å². The topological polar surface area (TPSA) is 106 Å². The second kappa shape index (κ2) is 14.8. The number of amides is 3. The molecule has 12 heteroatoms. The summed E-state index contributed by atoms with van der Waals surface area (Å²) in [4.78, 5) is 46.4. The Hall–Kier alpha value is -5.75. The third-order valence-electron chi connectivity index (χ3n) is 13.7. The van der Waals surface area contributed by atoms with Crippen molar-refractivity contribution in [1.29, 1.82) is 0 Å². The summed E-state index contributed by atoms with van der Waals surface area (Å²) in [6.07, 6.45) is 5.22. The Morgan fingerprint density at radius 2 is 1.51 bits per heavy atom. The predicted molar refractivity (Wildman–Crippen MR) is 220 cm³/mol. The van der Waals surface area contributed by atoms with Crippen LogP contribution in [0.25, 0.3) is 11.1 Å². The molecule has 1 spiro atoms. The van der Waals surface area contributed by atoms with E-state index in [4.69, 9.17) is 4.74 Å². The Balaban J connectivity index is 0.725. The number of phenolic OH excluding ortho intramolecular Hbond substituents is 1. The van der Waals surface area contributed by atoms with E-state index in [0.717, 1.165) is 81.2 Å². The number of imide groups is 1. The molecule has 0 saturated carbocycles. The van der Waals surface area contributed by atoms with Gasteiger partial charge in [0.05, 0.1) is 5.56 Å². The second-order valence-electron chi connectivity index (χ2n) is 17.3. The first-order chi connectivity index (χ1) is 28.6. The molecule has 1 atom stereocenters. The van der Waals surface area contributed by atoms with E-state index in [1.807, 2.05) is 24.3 Å². The first-order valence-electron chi connectivity index (χ1n) is 20.9. The maximum Gasteiger partial charge on any atom is 0.255 e. The average molecular weight is 800 g/mol. The molecular formula is C47H47F2N5O5. The maximum atomic E-state index is 15.1. The molecule has 2 N–H and O–H groups in total. The molecule has 10 rings (SSSR count). The van der Waals surface area contributed by atoms with Crippen LogP contribution in [0.2, 0.25) is 0 Å². The van der Waals surface area contributed by atoms with Crippen molar-refractivity contribution in [3.05, 3.63) is 118 Å². The quantitative estimate of drug-likeness (QED) is 0.202. The molecule has 0 aliphatic carbocycles. The number of rotatable bonds is 7. The van der Waals surface area contributed by atoms with E-state index >= 15 is 8.78 Å². The summed E-state index contributed by atoms with van der Waals surface area (Å²) < 4.78 is 36.1. The Morgan fingerprint density at radius 1 is 0.797 bits per heavy atom. The average Bonchev–Trinajstić information content (AvgIpc) is 3.55. The number of hydrogen-bond acceptors (Lipinski definition) is 8. The number of phenols is 1. The number of benzene rings is 4. The number of carbonyl (C=O) groups excluding carboxylic acids is 3. The van der Waals surface area contributed by atoms with Crippen molar-refractivity contribution in [2.75, 3.05) is 62.2 Å². The minimum absolute atomic E-state index is 0.0232. The third kappa shape index (κ3) is 6.90. The molecule has 6 aliphatic heterocycles. The first kappa shape index (κ1) is 37.5. The maximum absolute atomic E-state index is 15.1. The fourth-order valence-electron chi connectivity index (χ4n) is 10.3. The molecule has 0 bridgehead atoms. The van der Waals surface area contributed by atoms with Gasteiger partial charge >= 0.3 is 0 Å². The number of hydrogen-bond donors (Lipinski definition) is 2. The van der Waals surface area contributed by atoms with Crippen LogP contribution in [0.3, 0.4) is 0 Å². The summed E-state index contributed by atoms with van der Waals surface area (Å²) >= 11 is 0. The highest BCUT2D eigenvalue weighted by atomic mass is 19.1.